The van der Waals surface area contributed by atoms with Crippen LogP contribution in [-0.4, -0.2) is 35.5 Å². The van der Waals surface area contributed by atoms with E-state index in [1.54, 1.807) is 25.4 Å². The lowest BCUT2D eigenvalue weighted by molar-refractivity contribution is 0.0950. The summed E-state index contributed by atoms with van der Waals surface area (Å²) in [5.74, 6) is 0.586. The maximum atomic E-state index is 12.2. The van der Waals surface area contributed by atoms with Crippen molar-refractivity contribution in [3.8, 4) is 0 Å². The van der Waals surface area contributed by atoms with Gasteiger partial charge < -0.3 is 10.6 Å². The smallest absolute Gasteiger partial charge is 0.255 e. The van der Waals surface area contributed by atoms with Gasteiger partial charge in [0.2, 0.25) is 0 Å². The minimum atomic E-state index is -0.0437. The van der Waals surface area contributed by atoms with Gasteiger partial charge in [-0.05, 0) is 31.2 Å². The van der Waals surface area contributed by atoms with Gasteiger partial charge in [0.25, 0.3) is 5.91 Å². The summed E-state index contributed by atoms with van der Waals surface area (Å²) in [7, 11) is 1.78. The van der Waals surface area contributed by atoms with Gasteiger partial charge in [0.05, 0.1) is 5.56 Å². The molecule has 1 aromatic rings. The Morgan fingerprint density at radius 1 is 1.47 bits per heavy atom. The largest absolute Gasteiger partial charge is 0.372 e. The van der Waals surface area contributed by atoms with Crippen molar-refractivity contribution < 1.29 is 4.79 Å². The Hall–Kier alpha value is -1.23. The Balaban J connectivity index is 2.01. The first-order chi connectivity index (χ1) is 9.21. The first-order valence-electron chi connectivity index (χ1n) is 6.67. The van der Waals surface area contributed by atoms with E-state index in [1.807, 2.05) is 11.8 Å². The second kappa shape index (κ2) is 6.28. The van der Waals surface area contributed by atoms with Crippen LogP contribution < -0.4 is 10.6 Å². The molecule has 0 radical (unpaired) electrons. The molecule has 0 atom stereocenters. The van der Waals surface area contributed by atoms with Gasteiger partial charge in [0, 0.05) is 24.5 Å². The highest BCUT2D eigenvalue weighted by atomic mass is 32.2. The van der Waals surface area contributed by atoms with Crippen LogP contribution in [0.15, 0.2) is 18.3 Å². The number of anilines is 1. The summed E-state index contributed by atoms with van der Waals surface area (Å²) < 4.78 is 0.234. The van der Waals surface area contributed by atoms with Crippen LogP contribution in [0.5, 0.6) is 0 Å². The molecule has 2 rings (SSSR count). The molecular formula is C14H21N3OS. The minimum absolute atomic E-state index is 0.0437. The van der Waals surface area contributed by atoms with Crippen LogP contribution in [0.3, 0.4) is 0 Å². The van der Waals surface area contributed by atoms with E-state index in [0.717, 1.165) is 6.54 Å². The second-order valence-corrected chi connectivity index (χ2v) is 6.20. The molecule has 1 amide bonds. The molecule has 0 bridgehead atoms. The van der Waals surface area contributed by atoms with Crippen molar-refractivity contribution >= 4 is 23.5 Å². The van der Waals surface area contributed by atoms with Crippen molar-refractivity contribution in [1.82, 2.24) is 10.3 Å². The topological polar surface area (TPSA) is 54.0 Å². The number of amides is 1. The lowest BCUT2D eigenvalue weighted by Crippen LogP contribution is -2.38. The summed E-state index contributed by atoms with van der Waals surface area (Å²) in [6, 6.07) is 3.59. The first-order valence-corrected chi connectivity index (χ1v) is 7.89. The highest BCUT2D eigenvalue weighted by Crippen LogP contribution is 2.39. The average Bonchev–Trinajstić information content (AvgIpc) is 2.94. The van der Waals surface area contributed by atoms with E-state index in [9.17, 15) is 4.79 Å². The summed E-state index contributed by atoms with van der Waals surface area (Å²) >= 11 is 1.88. The molecule has 5 heteroatoms. The average molecular weight is 279 g/mol. The molecule has 1 aliphatic carbocycles. The van der Waals surface area contributed by atoms with E-state index in [4.69, 9.17) is 0 Å². The standard InChI is InChI=1S/C14H21N3OS/c1-15-12-11(6-5-9-16-12)13(18)17-10-14(19-2)7-3-4-8-14/h5-6,9H,3-4,7-8,10H2,1-2H3,(H,15,16)(H,17,18). The van der Waals surface area contributed by atoms with Crippen LogP contribution in [-0.2, 0) is 0 Å². The van der Waals surface area contributed by atoms with E-state index in [2.05, 4.69) is 21.9 Å². The fraction of sp³-hybridized carbons (Fsp3) is 0.571. The Morgan fingerprint density at radius 2 is 2.21 bits per heavy atom. The summed E-state index contributed by atoms with van der Waals surface area (Å²) in [6.45, 7) is 0.741. The van der Waals surface area contributed by atoms with Crippen molar-refractivity contribution in [3.63, 3.8) is 0 Å². The summed E-state index contributed by atoms with van der Waals surface area (Å²) in [5.41, 5.74) is 0.610. The number of thioether (sulfide) groups is 1. The van der Waals surface area contributed by atoms with Crippen molar-refractivity contribution in [2.45, 2.75) is 30.4 Å². The second-order valence-electron chi connectivity index (χ2n) is 4.93. The molecule has 1 saturated carbocycles. The first kappa shape index (κ1) is 14.2. The molecular weight excluding hydrogens is 258 g/mol. The van der Waals surface area contributed by atoms with Crippen LogP contribution in [0.25, 0.3) is 0 Å². The lowest BCUT2D eigenvalue weighted by atomic mass is 10.1. The third-order valence-electron chi connectivity index (χ3n) is 3.81. The summed E-state index contributed by atoms with van der Waals surface area (Å²) in [6.07, 6.45) is 8.75. The fourth-order valence-electron chi connectivity index (χ4n) is 2.60. The molecule has 2 N–H and O–H groups in total. The molecule has 1 aromatic heterocycles. The highest BCUT2D eigenvalue weighted by molar-refractivity contribution is 8.00. The predicted octanol–water partition coefficient (Wildman–Crippen LogP) is 2.53. The Morgan fingerprint density at radius 3 is 2.84 bits per heavy atom. The Bertz CT molecular complexity index is 444. The number of aromatic nitrogens is 1. The van der Waals surface area contributed by atoms with Gasteiger partial charge in [0.1, 0.15) is 5.82 Å². The number of rotatable bonds is 5. The van der Waals surface area contributed by atoms with Crippen molar-refractivity contribution in [2.24, 2.45) is 0 Å². The monoisotopic (exact) mass is 279 g/mol. The van der Waals surface area contributed by atoms with E-state index in [1.165, 1.54) is 25.7 Å². The van der Waals surface area contributed by atoms with Crippen molar-refractivity contribution in [3.05, 3.63) is 23.9 Å². The lowest BCUT2D eigenvalue weighted by Gasteiger charge is -2.27. The zero-order chi connectivity index (χ0) is 13.7. The van der Waals surface area contributed by atoms with E-state index in [0.29, 0.717) is 11.4 Å². The summed E-state index contributed by atoms with van der Waals surface area (Å²) in [5, 5.41) is 6.02. The van der Waals surface area contributed by atoms with Crippen molar-refractivity contribution in [2.75, 3.05) is 25.2 Å². The number of nitrogens with one attached hydrogen (secondary N) is 2. The van der Waals surface area contributed by atoms with E-state index < -0.39 is 0 Å². The summed E-state index contributed by atoms with van der Waals surface area (Å²) in [4.78, 5) is 16.4. The zero-order valence-electron chi connectivity index (χ0n) is 11.5. The van der Waals surface area contributed by atoms with Crippen LogP contribution >= 0.6 is 11.8 Å². The van der Waals surface area contributed by atoms with Gasteiger partial charge in [-0.2, -0.15) is 11.8 Å². The molecule has 104 valence electrons. The van der Waals surface area contributed by atoms with Crippen LogP contribution in [0.4, 0.5) is 5.82 Å². The third-order valence-corrected chi connectivity index (χ3v) is 5.23. The SMILES string of the molecule is CNc1ncccc1C(=O)NCC1(SC)CCCC1. The van der Waals surface area contributed by atoms with Gasteiger partial charge >= 0.3 is 0 Å². The van der Waals surface area contributed by atoms with Gasteiger partial charge in [-0.15, -0.1) is 0 Å². The maximum Gasteiger partial charge on any atom is 0.255 e. The van der Waals surface area contributed by atoms with Crippen LogP contribution in [0, 0.1) is 0 Å². The Labute approximate surface area is 118 Å². The molecule has 0 aromatic carbocycles. The minimum Gasteiger partial charge on any atom is -0.372 e. The number of nitrogens with zero attached hydrogens (tertiary/aromatic N) is 1. The van der Waals surface area contributed by atoms with Crippen LogP contribution in [0.1, 0.15) is 36.0 Å². The van der Waals surface area contributed by atoms with E-state index >= 15 is 0 Å². The van der Waals surface area contributed by atoms with Crippen molar-refractivity contribution in [1.29, 1.82) is 0 Å². The fourth-order valence-corrected chi connectivity index (χ4v) is 3.51. The van der Waals surface area contributed by atoms with Gasteiger partial charge in [0.15, 0.2) is 0 Å². The molecule has 0 aliphatic heterocycles. The molecule has 1 fully saturated rings. The predicted molar refractivity (Wildman–Crippen MR) is 80.8 cm³/mol. The molecule has 0 unspecified atom stereocenters. The maximum absolute atomic E-state index is 12.2. The zero-order valence-corrected chi connectivity index (χ0v) is 12.3. The number of carbonyl (C=O) groups is 1. The molecule has 4 nitrogen and oxygen atoms in total. The molecule has 0 saturated heterocycles. The van der Waals surface area contributed by atoms with Gasteiger partial charge in [-0.25, -0.2) is 4.98 Å². The normalized spacial score (nSPS) is 17.2. The quantitative estimate of drug-likeness (QED) is 0.869. The van der Waals surface area contributed by atoms with Gasteiger partial charge in [-0.1, -0.05) is 12.8 Å². The third kappa shape index (κ3) is 3.21. The molecule has 1 aliphatic rings. The molecule has 0 spiro atoms. The molecule has 1 heterocycles. The van der Waals surface area contributed by atoms with Gasteiger partial charge in [-0.3, -0.25) is 4.79 Å². The number of hydrogen-bond donors (Lipinski definition) is 2. The molecule has 19 heavy (non-hydrogen) atoms. The number of carbonyl (C=O) groups excluding carboxylic acids is 1. The Kier molecular flexibility index (Phi) is 4.69. The van der Waals surface area contributed by atoms with Crippen LogP contribution in [0.2, 0.25) is 0 Å². The number of pyridine rings is 1. The number of hydrogen-bond acceptors (Lipinski definition) is 4. The highest BCUT2D eigenvalue weighted by Gasteiger charge is 2.33. The van der Waals surface area contributed by atoms with E-state index in [-0.39, 0.29) is 10.7 Å².